The maximum Gasteiger partial charge on any atom is 0.230 e. The van der Waals surface area contributed by atoms with Crippen LogP contribution in [0.3, 0.4) is 0 Å². The van der Waals surface area contributed by atoms with Gasteiger partial charge in [-0.2, -0.15) is 5.10 Å². The van der Waals surface area contributed by atoms with Crippen molar-refractivity contribution in [1.29, 1.82) is 0 Å². The molecule has 0 saturated heterocycles. The van der Waals surface area contributed by atoms with Crippen LogP contribution in [0.15, 0.2) is 29.4 Å². The van der Waals surface area contributed by atoms with Crippen LogP contribution in [0.25, 0.3) is 0 Å². The smallest absolute Gasteiger partial charge is 0.230 e. The summed E-state index contributed by atoms with van der Waals surface area (Å²) in [7, 11) is 1.66. The maximum atomic E-state index is 12.0. The Labute approximate surface area is 149 Å². The van der Waals surface area contributed by atoms with Gasteiger partial charge in [0.15, 0.2) is 0 Å². The summed E-state index contributed by atoms with van der Waals surface area (Å²) in [5.74, 6) is 2.80. The number of rotatable bonds is 7. The van der Waals surface area contributed by atoms with E-state index in [0.29, 0.717) is 18.4 Å². The minimum atomic E-state index is -0.118. The summed E-state index contributed by atoms with van der Waals surface area (Å²) in [4.78, 5) is 12.0. The first-order valence-electron chi connectivity index (χ1n) is 9.05. The number of amides is 1. The summed E-state index contributed by atoms with van der Waals surface area (Å²) >= 11 is 0. The molecule has 6 heteroatoms. The van der Waals surface area contributed by atoms with Gasteiger partial charge in [-0.15, -0.1) is 0 Å². The summed E-state index contributed by atoms with van der Waals surface area (Å²) in [6.45, 7) is 2.13. The van der Waals surface area contributed by atoms with Gasteiger partial charge in [-0.05, 0) is 49.7 Å². The highest BCUT2D eigenvalue weighted by atomic mass is 16.5. The average Bonchev–Trinajstić information content (AvgIpc) is 3.20. The molecular formula is C19H27N3O3. The molecule has 1 aromatic rings. The van der Waals surface area contributed by atoms with Crippen molar-refractivity contribution in [3.8, 4) is 11.5 Å². The van der Waals surface area contributed by atoms with Crippen LogP contribution in [0, 0.1) is 17.8 Å². The Bertz CT molecular complexity index is 597. The fourth-order valence-electron chi connectivity index (χ4n) is 3.39. The second kappa shape index (κ2) is 8.74. The molecule has 1 atom stereocenters. The molecule has 1 unspecified atom stereocenters. The molecule has 136 valence electrons. The molecule has 0 spiro atoms. The summed E-state index contributed by atoms with van der Waals surface area (Å²) in [6.07, 6.45) is 6.27. The largest absolute Gasteiger partial charge is 0.497 e. The third-order valence-electron chi connectivity index (χ3n) is 5.05. The predicted octanol–water partition coefficient (Wildman–Crippen LogP) is 2.20. The van der Waals surface area contributed by atoms with Gasteiger partial charge in [-0.3, -0.25) is 4.79 Å². The molecule has 0 aromatic heterocycles. The normalized spacial score (nSPS) is 25.2. The molecule has 1 aliphatic heterocycles. The Hall–Kier alpha value is -2.24. The van der Waals surface area contributed by atoms with Crippen LogP contribution >= 0.6 is 0 Å². The van der Waals surface area contributed by atoms with Crippen molar-refractivity contribution in [2.75, 3.05) is 26.8 Å². The van der Waals surface area contributed by atoms with Gasteiger partial charge in [-0.25, -0.2) is 0 Å². The SMILES string of the molecule is COc1cccc(OCC2CCC(CNC(=O)C3C=NNC3)CC2)c1. The summed E-state index contributed by atoms with van der Waals surface area (Å²) < 4.78 is 11.1. The number of methoxy groups -OCH3 is 1. The molecule has 1 aliphatic carbocycles. The molecule has 1 saturated carbocycles. The Balaban J connectivity index is 1.34. The van der Waals surface area contributed by atoms with Crippen LogP contribution in [-0.2, 0) is 4.79 Å². The number of hydrogen-bond donors (Lipinski definition) is 2. The zero-order chi connectivity index (χ0) is 17.5. The van der Waals surface area contributed by atoms with E-state index in [-0.39, 0.29) is 11.8 Å². The number of nitrogens with one attached hydrogen (secondary N) is 2. The molecule has 1 aromatic carbocycles. The lowest BCUT2D eigenvalue weighted by molar-refractivity contribution is -0.122. The van der Waals surface area contributed by atoms with E-state index in [2.05, 4.69) is 15.8 Å². The molecule has 6 nitrogen and oxygen atoms in total. The van der Waals surface area contributed by atoms with Gasteiger partial charge in [0.2, 0.25) is 5.91 Å². The van der Waals surface area contributed by atoms with Crippen LogP contribution in [0.2, 0.25) is 0 Å². The van der Waals surface area contributed by atoms with E-state index in [4.69, 9.17) is 9.47 Å². The molecule has 0 radical (unpaired) electrons. The monoisotopic (exact) mass is 345 g/mol. The minimum Gasteiger partial charge on any atom is -0.497 e. The Kier molecular flexibility index (Phi) is 6.14. The van der Waals surface area contributed by atoms with Gasteiger partial charge in [0.1, 0.15) is 11.5 Å². The molecule has 1 fully saturated rings. The Morgan fingerprint density at radius 2 is 2.00 bits per heavy atom. The van der Waals surface area contributed by atoms with Crippen LogP contribution in [0.5, 0.6) is 11.5 Å². The molecule has 1 amide bonds. The lowest BCUT2D eigenvalue weighted by Crippen LogP contribution is -2.37. The van der Waals surface area contributed by atoms with E-state index in [1.54, 1.807) is 13.3 Å². The number of hydrogen-bond acceptors (Lipinski definition) is 5. The fraction of sp³-hybridized carbons (Fsp3) is 0.579. The quantitative estimate of drug-likeness (QED) is 0.795. The molecule has 3 rings (SSSR count). The number of benzene rings is 1. The molecule has 1 heterocycles. The molecule has 25 heavy (non-hydrogen) atoms. The maximum absolute atomic E-state index is 12.0. The van der Waals surface area contributed by atoms with Crippen molar-refractivity contribution in [2.45, 2.75) is 25.7 Å². The molecule has 2 aliphatic rings. The average molecular weight is 345 g/mol. The van der Waals surface area contributed by atoms with E-state index in [0.717, 1.165) is 50.3 Å². The van der Waals surface area contributed by atoms with Gasteiger partial charge < -0.3 is 20.2 Å². The van der Waals surface area contributed by atoms with Gasteiger partial charge >= 0.3 is 0 Å². The lowest BCUT2D eigenvalue weighted by atomic mass is 9.82. The molecular weight excluding hydrogens is 318 g/mol. The van der Waals surface area contributed by atoms with Gasteiger partial charge in [0, 0.05) is 25.4 Å². The Morgan fingerprint density at radius 1 is 1.24 bits per heavy atom. The standard InChI is InChI=1S/C19H27N3O3/c1-24-17-3-2-4-18(9-17)25-13-15-7-5-14(6-8-15)10-20-19(23)16-11-21-22-12-16/h2-4,9,11,14-16,22H,5-8,10,12-13H2,1H3,(H,20,23). The first kappa shape index (κ1) is 17.6. The third kappa shape index (κ3) is 5.11. The highest BCUT2D eigenvalue weighted by Crippen LogP contribution is 2.29. The highest BCUT2D eigenvalue weighted by Gasteiger charge is 2.24. The van der Waals surface area contributed by atoms with Crippen LogP contribution in [0.1, 0.15) is 25.7 Å². The van der Waals surface area contributed by atoms with Crippen molar-refractivity contribution in [3.05, 3.63) is 24.3 Å². The second-order valence-corrected chi connectivity index (χ2v) is 6.87. The van der Waals surface area contributed by atoms with E-state index >= 15 is 0 Å². The fourth-order valence-corrected chi connectivity index (χ4v) is 3.39. The minimum absolute atomic E-state index is 0.0808. The number of nitrogens with zero attached hydrogens (tertiary/aromatic N) is 1. The van der Waals surface area contributed by atoms with Crippen molar-refractivity contribution in [1.82, 2.24) is 10.7 Å². The van der Waals surface area contributed by atoms with Crippen LogP contribution in [0.4, 0.5) is 0 Å². The summed E-state index contributed by atoms with van der Waals surface area (Å²) in [5, 5.41) is 6.95. The summed E-state index contributed by atoms with van der Waals surface area (Å²) in [6, 6.07) is 7.74. The van der Waals surface area contributed by atoms with Gasteiger partial charge in [0.25, 0.3) is 0 Å². The Morgan fingerprint density at radius 3 is 2.72 bits per heavy atom. The molecule has 2 N–H and O–H groups in total. The number of carbonyl (C=O) groups is 1. The first-order chi connectivity index (χ1) is 12.2. The van der Waals surface area contributed by atoms with Gasteiger partial charge in [-0.1, -0.05) is 6.07 Å². The van der Waals surface area contributed by atoms with Crippen molar-refractivity contribution in [3.63, 3.8) is 0 Å². The third-order valence-corrected chi connectivity index (χ3v) is 5.05. The van der Waals surface area contributed by atoms with Crippen LogP contribution < -0.4 is 20.2 Å². The topological polar surface area (TPSA) is 72.0 Å². The lowest BCUT2D eigenvalue weighted by Gasteiger charge is -2.28. The van der Waals surface area contributed by atoms with Gasteiger partial charge in [0.05, 0.1) is 19.6 Å². The van der Waals surface area contributed by atoms with E-state index in [9.17, 15) is 4.79 Å². The zero-order valence-electron chi connectivity index (χ0n) is 14.7. The predicted molar refractivity (Wildman–Crippen MR) is 96.9 cm³/mol. The molecule has 0 bridgehead atoms. The highest BCUT2D eigenvalue weighted by molar-refractivity contribution is 5.94. The number of carbonyl (C=O) groups excluding carboxylic acids is 1. The van der Waals surface area contributed by atoms with Crippen molar-refractivity contribution in [2.24, 2.45) is 22.9 Å². The second-order valence-electron chi connectivity index (χ2n) is 6.87. The number of hydrazone groups is 1. The summed E-state index contributed by atoms with van der Waals surface area (Å²) in [5.41, 5.74) is 2.82. The first-order valence-corrected chi connectivity index (χ1v) is 9.05. The van der Waals surface area contributed by atoms with E-state index < -0.39 is 0 Å². The van der Waals surface area contributed by atoms with Crippen LogP contribution in [-0.4, -0.2) is 38.9 Å². The zero-order valence-corrected chi connectivity index (χ0v) is 14.7. The van der Waals surface area contributed by atoms with E-state index in [1.807, 2.05) is 24.3 Å². The van der Waals surface area contributed by atoms with E-state index in [1.165, 1.54) is 0 Å². The van der Waals surface area contributed by atoms with Crippen molar-refractivity contribution < 1.29 is 14.3 Å². The number of ether oxygens (including phenoxy) is 2. The van der Waals surface area contributed by atoms with Crippen molar-refractivity contribution >= 4 is 12.1 Å².